The van der Waals surface area contributed by atoms with E-state index in [1.807, 2.05) is 0 Å². The van der Waals surface area contributed by atoms with Gasteiger partial charge in [-0.2, -0.15) is 0 Å². The molecule has 0 aromatic carbocycles. The van der Waals surface area contributed by atoms with Gasteiger partial charge in [-0.15, -0.1) is 0 Å². The minimum atomic E-state index is -0.663. The summed E-state index contributed by atoms with van der Waals surface area (Å²) in [5.41, 5.74) is 0. The molecule has 0 aliphatic rings. The van der Waals surface area contributed by atoms with E-state index in [9.17, 15) is 15.0 Å². The van der Waals surface area contributed by atoms with Crippen molar-refractivity contribution in [1.29, 1.82) is 0 Å². The van der Waals surface area contributed by atoms with Gasteiger partial charge in [-0.3, -0.25) is 4.79 Å². The van der Waals surface area contributed by atoms with Crippen molar-refractivity contribution in [3.63, 3.8) is 0 Å². The summed E-state index contributed by atoms with van der Waals surface area (Å²) >= 11 is 0. The Balaban J connectivity index is 3.43. The second-order valence-electron chi connectivity index (χ2n) is 24.6. The van der Waals surface area contributed by atoms with E-state index in [1.54, 1.807) is 0 Å². The molecule has 1 amide bonds. The molecule has 0 aliphatic carbocycles. The molecule has 0 rings (SSSR count). The molecule has 0 aromatic heterocycles. The summed E-state index contributed by atoms with van der Waals surface area (Å²) in [7, 11) is 0. The van der Waals surface area contributed by atoms with Crippen LogP contribution in [0.1, 0.15) is 380 Å². The molecule has 4 heteroatoms. The van der Waals surface area contributed by atoms with Crippen LogP contribution in [-0.4, -0.2) is 34.9 Å². The normalized spacial score (nSPS) is 13.2. The van der Waals surface area contributed by atoms with E-state index < -0.39 is 12.1 Å². The number of allylic oxidation sites excluding steroid dienone is 14. The number of nitrogens with one attached hydrogen (secondary N) is 1. The number of unbranched alkanes of at least 4 members (excludes halogenated alkanes) is 46. The maximum Gasteiger partial charge on any atom is 0.220 e. The predicted octanol–water partition coefficient (Wildman–Crippen LogP) is 25.0. The quantitative estimate of drug-likeness (QED) is 0.0420. The Hall–Kier alpha value is -2.43. The molecule has 0 fully saturated rings. The van der Waals surface area contributed by atoms with Crippen LogP contribution in [0.25, 0.3) is 0 Å². The summed E-state index contributed by atoms with van der Waals surface area (Å²) in [4.78, 5) is 12.6. The lowest BCUT2D eigenvalue weighted by atomic mass is 10.0. The van der Waals surface area contributed by atoms with Gasteiger partial charge in [-0.05, 0) is 70.6 Å². The Bertz CT molecular complexity index is 1420. The standard InChI is InChI=1S/C77H141NO3/c1-3-5-7-9-11-13-15-17-19-21-23-25-27-29-31-33-34-35-36-37-38-39-40-41-42-43-44-45-47-49-51-53-55-57-59-61-63-65-67-69-71-73-77(81)78-75(74-79)76(80)72-70-68-66-64-62-60-58-56-54-52-50-48-46-32-30-28-26-24-22-20-18-16-14-12-10-8-6-4-2/h5,7,11,13,17,19,23,25,29,31,34-35,37-38,75-76,79-80H,3-4,6,8-10,12,14-16,18,20-22,24,26-28,30,32-33,36,39-74H2,1-2H3,(H,78,81)/b7-5-,13-11-,19-17-,25-23-,31-29-,35-34-,38-37-. The van der Waals surface area contributed by atoms with Crippen molar-refractivity contribution in [2.75, 3.05) is 6.61 Å². The monoisotopic (exact) mass is 1130 g/mol. The van der Waals surface area contributed by atoms with Crippen LogP contribution < -0.4 is 5.32 Å². The second kappa shape index (κ2) is 71.8. The van der Waals surface area contributed by atoms with E-state index in [1.165, 1.54) is 283 Å². The van der Waals surface area contributed by atoms with E-state index in [2.05, 4.69) is 104 Å². The molecule has 0 bridgehead atoms. The zero-order valence-electron chi connectivity index (χ0n) is 54.6. The lowest BCUT2D eigenvalue weighted by Gasteiger charge is -2.22. The van der Waals surface area contributed by atoms with Crippen molar-refractivity contribution in [3.05, 3.63) is 85.1 Å². The van der Waals surface area contributed by atoms with E-state index in [4.69, 9.17) is 0 Å². The first-order valence-electron chi connectivity index (χ1n) is 36.3. The lowest BCUT2D eigenvalue weighted by molar-refractivity contribution is -0.123. The highest BCUT2D eigenvalue weighted by Crippen LogP contribution is 2.19. The van der Waals surface area contributed by atoms with Crippen molar-refractivity contribution in [3.8, 4) is 0 Å². The maximum atomic E-state index is 12.6. The highest BCUT2D eigenvalue weighted by atomic mass is 16.3. The topological polar surface area (TPSA) is 69.6 Å². The van der Waals surface area contributed by atoms with Crippen molar-refractivity contribution >= 4 is 5.91 Å². The Labute approximate surface area is 507 Å². The predicted molar refractivity (Wildman–Crippen MR) is 364 cm³/mol. The van der Waals surface area contributed by atoms with E-state index in [0.29, 0.717) is 12.8 Å². The van der Waals surface area contributed by atoms with Crippen LogP contribution in [-0.2, 0) is 4.79 Å². The highest BCUT2D eigenvalue weighted by Gasteiger charge is 2.20. The first kappa shape index (κ1) is 78.6. The highest BCUT2D eigenvalue weighted by molar-refractivity contribution is 5.76. The molecule has 0 saturated heterocycles. The Kier molecular flexibility index (Phi) is 69.7. The van der Waals surface area contributed by atoms with Crippen molar-refractivity contribution in [2.45, 2.75) is 392 Å². The van der Waals surface area contributed by atoms with Gasteiger partial charge >= 0.3 is 0 Å². The van der Waals surface area contributed by atoms with Gasteiger partial charge in [0.1, 0.15) is 0 Å². The van der Waals surface area contributed by atoms with Gasteiger partial charge in [0, 0.05) is 6.42 Å². The van der Waals surface area contributed by atoms with Crippen LogP contribution in [0.15, 0.2) is 85.1 Å². The smallest absolute Gasteiger partial charge is 0.220 e. The van der Waals surface area contributed by atoms with Gasteiger partial charge in [0.2, 0.25) is 5.91 Å². The summed E-state index contributed by atoms with van der Waals surface area (Å²) < 4.78 is 0. The minimum absolute atomic E-state index is 0.0257. The summed E-state index contributed by atoms with van der Waals surface area (Å²) in [6.45, 7) is 4.28. The van der Waals surface area contributed by atoms with E-state index >= 15 is 0 Å². The molecule has 472 valence electrons. The summed E-state index contributed by atoms with van der Waals surface area (Å²) in [6, 6.07) is -0.540. The average molecular weight is 1130 g/mol. The van der Waals surface area contributed by atoms with Crippen LogP contribution >= 0.6 is 0 Å². The molecule has 3 N–H and O–H groups in total. The molecule has 4 nitrogen and oxygen atoms in total. The Morgan fingerprint density at radius 3 is 0.815 bits per heavy atom. The average Bonchev–Trinajstić information content (AvgIpc) is 3.47. The zero-order chi connectivity index (χ0) is 58.4. The van der Waals surface area contributed by atoms with Gasteiger partial charge in [0.15, 0.2) is 0 Å². The zero-order valence-corrected chi connectivity index (χ0v) is 54.6. The van der Waals surface area contributed by atoms with Crippen LogP contribution in [0.4, 0.5) is 0 Å². The second-order valence-corrected chi connectivity index (χ2v) is 24.6. The van der Waals surface area contributed by atoms with Gasteiger partial charge in [-0.1, -0.05) is 388 Å². The van der Waals surface area contributed by atoms with E-state index in [0.717, 1.165) is 70.6 Å². The van der Waals surface area contributed by atoms with Crippen molar-refractivity contribution < 1.29 is 15.0 Å². The molecule has 0 spiro atoms. The number of carbonyl (C=O) groups excluding carboxylic acids is 1. The minimum Gasteiger partial charge on any atom is -0.394 e. The number of hydrogen-bond donors (Lipinski definition) is 3. The SMILES string of the molecule is CC/C=C\C/C=C\C/C=C\C/C=C\C/C=C\C/C=C\C/C=C\CCCCCCCCCCCCCCCCCCCCCC(=O)NC(CO)C(O)CCCCCCCCCCCCCCCCCCCCCCCCCCCCCC. The number of aliphatic hydroxyl groups excluding tert-OH is 2. The molecule has 0 aliphatic heterocycles. The summed E-state index contributed by atoms with van der Waals surface area (Å²) in [5, 5.41) is 23.5. The molecule has 0 radical (unpaired) electrons. The van der Waals surface area contributed by atoms with Gasteiger partial charge in [0.05, 0.1) is 18.8 Å². The Morgan fingerprint density at radius 1 is 0.309 bits per heavy atom. The molecule has 81 heavy (non-hydrogen) atoms. The summed E-state index contributed by atoms with van der Waals surface area (Å²) in [6.07, 6.45) is 105. The first-order valence-corrected chi connectivity index (χ1v) is 36.3. The van der Waals surface area contributed by atoms with Crippen LogP contribution in [0.5, 0.6) is 0 Å². The number of amides is 1. The maximum absolute atomic E-state index is 12.6. The molecule has 0 saturated carbocycles. The lowest BCUT2D eigenvalue weighted by Crippen LogP contribution is -2.45. The number of aliphatic hydroxyl groups is 2. The third kappa shape index (κ3) is 68.2. The van der Waals surface area contributed by atoms with Crippen LogP contribution in [0, 0.1) is 0 Å². The van der Waals surface area contributed by atoms with Crippen molar-refractivity contribution in [1.82, 2.24) is 5.32 Å². The number of rotatable bonds is 67. The van der Waals surface area contributed by atoms with E-state index in [-0.39, 0.29) is 12.5 Å². The molecular formula is C77H141NO3. The Morgan fingerprint density at radius 2 is 0.543 bits per heavy atom. The van der Waals surface area contributed by atoms with Gasteiger partial charge < -0.3 is 15.5 Å². The third-order valence-electron chi connectivity index (χ3n) is 16.7. The summed E-state index contributed by atoms with van der Waals surface area (Å²) in [5.74, 6) is -0.0257. The van der Waals surface area contributed by atoms with Crippen molar-refractivity contribution in [2.24, 2.45) is 0 Å². The molecular weight excluding hydrogens is 987 g/mol. The molecule has 0 heterocycles. The number of carbonyl (C=O) groups is 1. The fourth-order valence-corrected chi connectivity index (χ4v) is 11.2. The van der Waals surface area contributed by atoms with Crippen LogP contribution in [0.2, 0.25) is 0 Å². The molecule has 0 aromatic rings. The fraction of sp³-hybridized carbons (Fsp3) is 0.805. The van der Waals surface area contributed by atoms with Gasteiger partial charge in [0.25, 0.3) is 0 Å². The largest absolute Gasteiger partial charge is 0.394 e. The van der Waals surface area contributed by atoms with Crippen LogP contribution in [0.3, 0.4) is 0 Å². The third-order valence-corrected chi connectivity index (χ3v) is 16.7. The van der Waals surface area contributed by atoms with Gasteiger partial charge in [-0.25, -0.2) is 0 Å². The molecule has 2 unspecified atom stereocenters. The fourth-order valence-electron chi connectivity index (χ4n) is 11.2. The first-order chi connectivity index (χ1) is 40.2. The number of hydrogen-bond acceptors (Lipinski definition) is 3. The molecule has 2 atom stereocenters.